The van der Waals surface area contributed by atoms with Gasteiger partial charge >= 0.3 is 0 Å². The minimum Gasteiger partial charge on any atom is -0.393 e. The summed E-state index contributed by atoms with van der Waals surface area (Å²) in [5, 5.41) is 12.8. The lowest BCUT2D eigenvalue weighted by molar-refractivity contribution is -0.125. The van der Waals surface area contributed by atoms with E-state index < -0.39 is 0 Å². The average molecular weight is 344 g/mol. The van der Waals surface area contributed by atoms with Crippen molar-refractivity contribution in [3.8, 4) is 0 Å². The first kappa shape index (κ1) is 18.4. The van der Waals surface area contributed by atoms with Gasteiger partial charge < -0.3 is 10.4 Å². The van der Waals surface area contributed by atoms with Crippen molar-refractivity contribution in [1.29, 1.82) is 0 Å². The van der Waals surface area contributed by atoms with E-state index in [9.17, 15) is 9.90 Å². The number of amides is 1. The Balaban J connectivity index is 1.54. The van der Waals surface area contributed by atoms with Crippen LogP contribution in [0.25, 0.3) is 0 Å². The van der Waals surface area contributed by atoms with Crippen molar-refractivity contribution < 1.29 is 9.90 Å². The third-order valence-electron chi connectivity index (χ3n) is 5.75. The second-order valence-electron chi connectivity index (χ2n) is 7.68. The topological polar surface area (TPSA) is 52.6 Å². The molecule has 0 radical (unpaired) electrons. The van der Waals surface area contributed by atoms with Gasteiger partial charge in [-0.1, -0.05) is 49.9 Å². The molecule has 0 aromatic heterocycles. The van der Waals surface area contributed by atoms with Crippen molar-refractivity contribution in [3.63, 3.8) is 0 Å². The number of hydrogen-bond acceptors (Lipinski definition) is 3. The van der Waals surface area contributed by atoms with Crippen LogP contribution in [0.3, 0.4) is 0 Å². The van der Waals surface area contributed by atoms with Crippen LogP contribution in [-0.4, -0.2) is 35.1 Å². The summed E-state index contributed by atoms with van der Waals surface area (Å²) in [4.78, 5) is 14.9. The molecule has 1 saturated heterocycles. The standard InChI is InChI=1S/C21H32N2O2/c24-20-11-13-23(14-12-20)16-19-10-6-5-9-18(19)15-22-21(25)17-7-3-1-2-4-8-17/h5-6,9-10,17,20,24H,1-4,7-8,11-16H2,(H,22,25). The fourth-order valence-electron chi connectivity index (χ4n) is 4.07. The highest BCUT2D eigenvalue weighted by molar-refractivity contribution is 5.78. The second kappa shape index (κ2) is 9.35. The summed E-state index contributed by atoms with van der Waals surface area (Å²) in [6.45, 7) is 3.43. The van der Waals surface area contributed by atoms with Crippen molar-refractivity contribution in [3.05, 3.63) is 35.4 Å². The largest absolute Gasteiger partial charge is 0.393 e. The summed E-state index contributed by atoms with van der Waals surface area (Å²) < 4.78 is 0. The molecule has 4 nitrogen and oxygen atoms in total. The Bertz CT molecular complexity index is 545. The summed E-state index contributed by atoms with van der Waals surface area (Å²) in [5.41, 5.74) is 2.51. The van der Waals surface area contributed by atoms with Crippen molar-refractivity contribution >= 4 is 5.91 Å². The molecular weight excluding hydrogens is 312 g/mol. The Morgan fingerprint density at radius 2 is 1.64 bits per heavy atom. The van der Waals surface area contributed by atoms with Crippen LogP contribution in [0.5, 0.6) is 0 Å². The maximum Gasteiger partial charge on any atom is 0.223 e. The zero-order valence-electron chi connectivity index (χ0n) is 15.3. The van der Waals surface area contributed by atoms with Crippen molar-refractivity contribution in [2.75, 3.05) is 13.1 Å². The van der Waals surface area contributed by atoms with E-state index in [2.05, 4.69) is 34.5 Å². The van der Waals surface area contributed by atoms with Gasteiger partial charge in [-0.3, -0.25) is 9.69 Å². The SMILES string of the molecule is O=C(NCc1ccccc1CN1CCC(O)CC1)C1CCCCCC1. The molecule has 4 heteroatoms. The third-order valence-corrected chi connectivity index (χ3v) is 5.75. The Morgan fingerprint density at radius 3 is 2.32 bits per heavy atom. The summed E-state index contributed by atoms with van der Waals surface area (Å²) in [7, 11) is 0. The molecule has 1 amide bonds. The maximum absolute atomic E-state index is 12.5. The van der Waals surface area contributed by atoms with Gasteiger partial charge in [-0.25, -0.2) is 0 Å². The lowest BCUT2D eigenvalue weighted by Gasteiger charge is -2.30. The van der Waals surface area contributed by atoms with Crippen molar-refractivity contribution in [2.45, 2.75) is 70.6 Å². The molecule has 1 saturated carbocycles. The molecule has 1 aromatic rings. The predicted molar refractivity (Wildman–Crippen MR) is 100.0 cm³/mol. The number of nitrogens with one attached hydrogen (secondary N) is 1. The molecule has 1 aromatic carbocycles. The Hall–Kier alpha value is -1.39. The van der Waals surface area contributed by atoms with Gasteiger partial charge in [0.1, 0.15) is 0 Å². The van der Waals surface area contributed by atoms with Gasteiger partial charge in [-0.2, -0.15) is 0 Å². The zero-order chi connectivity index (χ0) is 17.5. The van der Waals surface area contributed by atoms with Crippen LogP contribution in [0.1, 0.15) is 62.5 Å². The molecule has 0 spiro atoms. The first-order valence-corrected chi connectivity index (χ1v) is 9.97. The third kappa shape index (κ3) is 5.55. The minimum atomic E-state index is -0.134. The number of hydrogen-bond donors (Lipinski definition) is 2. The molecule has 25 heavy (non-hydrogen) atoms. The molecule has 138 valence electrons. The first-order chi connectivity index (χ1) is 12.2. The van der Waals surface area contributed by atoms with E-state index in [1.807, 2.05) is 0 Å². The van der Waals surface area contributed by atoms with Gasteiger partial charge in [0.05, 0.1) is 6.10 Å². The molecular formula is C21H32N2O2. The van der Waals surface area contributed by atoms with Crippen LogP contribution in [0.2, 0.25) is 0 Å². The van der Waals surface area contributed by atoms with Crippen LogP contribution < -0.4 is 5.32 Å². The van der Waals surface area contributed by atoms with Gasteiger partial charge in [0.15, 0.2) is 0 Å². The fourth-order valence-corrected chi connectivity index (χ4v) is 4.07. The Labute approximate surface area is 151 Å². The molecule has 1 aliphatic heterocycles. The van der Waals surface area contributed by atoms with Crippen LogP contribution in [0.15, 0.2) is 24.3 Å². The van der Waals surface area contributed by atoms with Crippen molar-refractivity contribution in [1.82, 2.24) is 10.2 Å². The number of nitrogens with zero attached hydrogens (tertiary/aromatic N) is 1. The molecule has 0 unspecified atom stereocenters. The molecule has 1 heterocycles. The Kier molecular flexibility index (Phi) is 6.88. The molecule has 2 fully saturated rings. The molecule has 2 aliphatic rings. The van der Waals surface area contributed by atoms with Gasteiger partial charge in [0.25, 0.3) is 0 Å². The molecule has 2 N–H and O–H groups in total. The number of benzene rings is 1. The molecule has 3 rings (SSSR count). The van der Waals surface area contributed by atoms with Crippen LogP contribution in [0.4, 0.5) is 0 Å². The van der Waals surface area contributed by atoms with E-state index in [-0.39, 0.29) is 17.9 Å². The zero-order valence-corrected chi connectivity index (χ0v) is 15.3. The summed E-state index contributed by atoms with van der Waals surface area (Å²) in [6, 6.07) is 8.42. The van der Waals surface area contributed by atoms with Gasteiger partial charge in [0.2, 0.25) is 5.91 Å². The van der Waals surface area contributed by atoms with Gasteiger partial charge in [-0.15, -0.1) is 0 Å². The number of carbonyl (C=O) groups excluding carboxylic acids is 1. The van der Waals surface area contributed by atoms with E-state index in [1.165, 1.54) is 36.8 Å². The second-order valence-corrected chi connectivity index (χ2v) is 7.68. The quantitative estimate of drug-likeness (QED) is 0.807. The first-order valence-electron chi connectivity index (χ1n) is 9.97. The summed E-state index contributed by atoms with van der Waals surface area (Å²) in [6.07, 6.45) is 8.61. The molecule has 0 atom stereocenters. The highest BCUT2D eigenvalue weighted by Crippen LogP contribution is 2.23. The number of likely N-dealkylation sites (tertiary alicyclic amines) is 1. The van der Waals surface area contributed by atoms with E-state index >= 15 is 0 Å². The van der Waals surface area contributed by atoms with Crippen molar-refractivity contribution in [2.24, 2.45) is 5.92 Å². The summed E-state index contributed by atoms with van der Waals surface area (Å²) >= 11 is 0. The maximum atomic E-state index is 12.5. The normalized spacial score (nSPS) is 21.0. The molecule has 0 bridgehead atoms. The van der Waals surface area contributed by atoms with Crippen LogP contribution in [0, 0.1) is 5.92 Å². The number of aliphatic hydroxyl groups is 1. The minimum absolute atomic E-state index is 0.134. The van der Waals surface area contributed by atoms with Crippen LogP contribution in [-0.2, 0) is 17.9 Å². The predicted octanol–water partition coefficient (Wildman–Crippen LogP) is 3.23. The lowest BCUT2D eigenvalue weighted by atomic mass is 9.99. The number of rotatable bonds is 5. The highest BCUT2D eigenvalue weighted by Gasteiger charge is 2.21. The average Bonchev–Trinajstić information content (AvgIpc) is 2.92. The number of piperidine rings is 1. The van der Waals surface area contributed by atoms with Gasteiger partial charge in [-0.05, 0) is 36.8 Å². The van der Waals surface area contributed by atoms with E-state index in [1.54, 1.807) is 0 Å². The monoisotopic (exact) mass is 344 g/mol. The molecule has 1 aliphatic carbocycles. The van der Waals surface area contributed by atoms with Gasteiger partial charge in [0, 0.05) is 32.1 Å². The number of carbonyl (C=O) groups is 1. The van der Waals surface area contributed by atoms with E-state index in [0.29, 0.717) is 6.54 Å². The van der Waals surface area contributed by atoms with E-state index in [4.69, 9.17) is 0 Å². The fraction of sp³-hybridized carbons (Fsp3) is 0.667. The number of aliphatic hydroxyl groups excluding tert-OH is 1. The smallest absolute Gasteiger partial charge is 0.223 e. The lowest BCUT2D eigenvalue weighted by Crippen LogP contribution is -2.36. The van der Waals surface area contributed by atoms with E-state index in [0.717, 1.165) is 45.3 Å². The Morgan fingerprint density at radius 1 is 1.00 bits per heavy atom. The summed E-state index contributed by atoms with van der Waals surface area (Å²) in [5.74, 6) is 0.441. The van der Waals surface area contributed by atoms with Crippen LogP contribution >= 0.6 is 0 Å². The highest BCUT2D eigenvalue weighted by atomic mass is 16.3.